The number of thiazole rings is 1. The second-order valence-electron chi connectivity index (χ2n) is 4.26. The third-order valence-corrected chi connectivity index (χ3v) is 3.93. The van der Waals surface area contributed by atoms with Crippen molar-refractivity contribution in [2.75, 3.05) is 6.61 Å². The van der Waals surface area contributed by atoms with Gasteiger partial charge in [-0.15, -0.1) is 11.3 Å². The second kappa shape index (κ2) is 6.68. The first-order valence-corrected chi connectivity index (χ1v) is 7.42. The van der Waals surface area contributed by atoms with Crippen molar-refractivity contribution in [1.29, 1.82) is 0 Å². The lowest BCUT2D eigenvalue weighted by Gasteiger charge is -2.03. The van der Waals surface area contributed by atoms with E-state index in [-0.39, 0.29) is 6.61 Å². The quantitative estimate of drug-likeness (QED) is 0.876. The summed E-state index contributed by atoms with van der Waals surface area (Å²) < 4.78 is 5.51. The molecule has 102 valence electrons. The van der Waals surface area contributed by atoms with Crippen molar-refractivity contribution in [1.82, 2.24) is 4.98 Å². The van der Waals surface area contributed by atoms with Crippen molar-refractivity contribution in [3.05, 3.63) is 34.8 Å². The number of hydrogen-bond donors (Lipinski definition) is 1. The highest BCUT2D eigenvalue weighted by Gasteiger charge is 2.11. The summed E-state index contributed by atoms with van der Waals surface area (Å²) in [6.45, 7) is 4.82. The fourth-order valence-corrected chi connectivity index (χ4v) is 2.91. The summed E-state index contributed by atoms with van der Waals surface area (Å²) in [6.07, 6.45) is 1.95. The number of aromatic nitrogens is 1. The number of benzene rings is 1. The van der Waals surface area contributed by atoms with Crippen molar-refractivity contribution < 1.29 is 9.84 Å². The average Bonchev–Trinajstić information content (AvgIpc) is 2.83. The Bertz CT molecular complexity index is 537. The van der Waals surface area contributed by atoms with Gasteiger partial charge in [0, 0.05) is 5.56 Å². The maximum Gasteiger partial charge on any atom is 0.124 e. The monoisotopic (exact) mass is 277 g/mol. The number of aliphatic hydroxyl groups excluding tert-OH is 1. The molecule has 0 bridgehead atoms. The van der Waals surface area contributed by atoms with E-state index in [4.69, 9.17) is 4.74 Å². The van der Waals surface area contributed by atoms with Crippen LogP contribution in [-0.4, -0.2) is 16.7 Å². The van der Waals surface area contributed by atoms with Crippen LogP contribution in [0.2, 0.25) is 0 Å². The minimum absolute atomic E-state index is 0.0676. The molecule has 0 unspecified atom stereocenters. The third-order valence-electron chi connectivity index (χ3n) is 2.80. The molecule has 0 spiro atoms. The Morgan fingerprint density at radius 3 is 2.84 bits per heavy atom. The van der Waals surface area contributed by atoms with Gasteiger partial charge in [-0.3, -0.25) is 0 Å². The van der Waals surface area contributed by atoms with Gasteiger partial charge in [0.05, 0.1) is 23.8 Å². The van der Waals surface area contributed by atoms with Gasteiger partial charge in [0.2, 0.25) is 0 Å². The molecule has 0 saturated carbocycles. The Morgan fingerprint density at radius 2 is 2.16 bits per heavy atom. The SMILES string of the molecule is CCCc1nc(-c2cccc(OCC)c2)sc1CO. The summed E-state index contributed by atoms with van der Waals surface area (Å²) in [7, 11) is 0. The van der Waals surface area contributed by atoms with Crippen molar-refractivity contribution in [2.45, 2.75) is 33.3 Å². The lowest BCUT2D eigenvalue weighted by atomic mass is 10.2. The molecule has 2 rings (SSSR count). The molecule has 0 amide bonds. The molecule has 0 saturated heterocycles. The van der Waals surface area contributed by atoms with Crippen LogP contribution < -0.4 is 4.74 Å². The molecule has 0 aliphatic rings. The predicted octanol–water partition coefficient (Wildman–Crippen LogP) is 3.65. The van der Waals surface area contributed by atoms with Gasteiger partial charge in [0.15, 0.2) is 0 Å². The van der Waals surface area contributed by atoms with Crippen LogP contribution >= 0.6 is 11.3 Å². The maximum absolute atomic E-state index is 9.39. The molecule has 0 aliphatic heterocycles. The van der Waals surface area contributed by atoms with Gasteiger partial charge < -0.3 is 9.84 Å². The van der Waals surface area contributed by atoms with Crippen LogP contribution in [0.25, 0.3) is 10.6 Å². The second-order valence-corrected chi connectivity index (χ2v) is 5.34. The van der Waals surface area contributed by atoms with Crippen LogP contribution in [0, 0.1) is 0 Å². The fraction of sp³-hybridized carbons (Fsp3) is 0.400. The first kappa shape index (κ1) is 14.0. The zero-order valence-corrected chi connectivity index (χ0v) is 12.2. The predicted molar refractivity (Wildman–Crippen MR) is 78.6 cm³/mol. The summed E-state index contributed by atoms with van der Waals surface area (Å²) in [6, 6.07) is 7.94. The minimum Gasteiger partial charge on any atom is -0.494 e. The molecule has 1 heterocycles. The number of ether oxygens (including phenoxy) is 1. The molecule has 4 heteroatoms. The van der Waals surface area contributed by atoms with Crippen LogP contribution in [0.1, 0.15) is 30.8 Å². The molecule has 0 atom stereocenters. The Balaban J connectivity index is 2.32. The molecule has 3 nitrogen and oxygen atoms in total. The molecule has 0 fully saturated rings. The van der Waals surface area contributed by atoms with E-state index in [2.05, 4.69) is 11.9 Å². The number of nitrogens with zero attached hydrogens (tertiary/aromatic N) is 1. The molecule has 2 aromatic rings. The van der Waals surface area contributed by atoms with Crippen LogP contribution in [0.5, 0.6) is 5.75 Å². The highest BCUT2D eigenvalue weighted by atomic mass is 32.1. The van der Waals surface area contributed by atoms with E-state index >= 15 is 0 Å². The van der Waals surface area contributed by atoms with E-state index in [0.29, 0.717) is 6.61 Å². The number of aliphatic hydroxyl groups is 1. The highest BCUT2D eigenvalue weighted by molar-refractivity contribution is 7.15. The van der Waals surface area contributed by atoms with Gasteiger partial charge in [0.1, 0.15) is 10.8 Å². The van der Waals surface area contributed by atoms with Gasteiger partial charge in [0.25, 0.3) is 0 Å². The van der Waals surface area contributed by atoms with Gasteiger partial charge >= 0.3 is 0 Å². The third kappa shape index (κ3) is 3.33. The van der Waals surface area contributed by atoms with Crippen molar-refractivity contribution in [3.63, 3.8) is 0 Å². The smallest absolute Gasteiger partial charge is 0.124 e. The Morgan fingerprint density at radius 1 is 1.32 bits per heavy atom. The molecule has 19 heavy (non-hydrogen) atoms. The van der Waals surface area contributed by atoms with Crippen LogP contribution in [0.4, 0.5) is 0 Å². The average molecular weight is 277 g/mol. The molecular weight excluding hydrogens is 258 g/mol. The molecule has 1 aromatic heterocycles. The molecule has 0 radical (unpaired) electrons. The van der Waals surface area contributed by atoms with E-state index in [1.54, 1.807) is 11.3 Å². The van der Waals surface area contributed by atoms with Gasteiger partial charge in [-0.25, -0.2) is 4.98 Å². The number of aryl methyl sites for hydroxylation is 1. The van der Waals surface area contributed by atoms with E-state index in [1.807, 2.05) is 31.2 Å². The Kier molecular flexibility index (Phi) is 4.93. The van der Waals surface area contributed by atoms with E-state index in [9.17, 15) is 5.11 Å². The number of rotatable bonds is 6. The summed E-state index contributed by atoms with van der Waals surface area (Å²) in [5.41, 5.74) is 2.07. The van der Waals surface area contributed by atoms with Crippen LogP contribution in [0.3, 0.4) is 0 Å². The van der Waals surface area contributed by atoms with Crippen LogP contribution in [-0.2, 0) is 13.0 Å². The maximum atomic E-state index is 9.39. The van der Waals surface area contributed by atoms with Gasteiger partial charge in [-0.2, -0.15) is 0 Å². The molecule has 0 aliphatic carbocycles. The summed E-state index contributed by atoms with van der Waals surface area (Å²) in [5, 5.41) is 10.3. The topological polar surface area (TPSA) is 42.4 Å². The molecule has 1 N–H and O–H groups in total. The van der Waals surface area contributed by atoms with Gasteiger partial charge in [-0.05, 0) is 25.5 Å². The van der Waals surface area contributed by atoms with E-state index in [1.165, 1.54) is 0 Å². The fourth-order valence-electron chi connectivity index (χ4n) is 1.95. The standard InChI is InChI=1S/C15H19NO2S/c1-3-6-13-14(10-17)19-15(16-13)11-7-5-8-12(9-11)18-4-2/h5,7-9,17H,3-4,6,10H2,1-2H3. The first-order chi connectivity index (χ1) is 9.28. The number of hydrogen-bond acceptors (Lipinski definition) is 4. The van der Waals surface area contributed by atoms with Crippen molar-refractivity contribution in [3.8, 4) is 16.3 Å². The summed E-state index contributed by atoms with van der Waals surface area (Å²) in [5.74, 6) is 0.859. The largest absolute Gasteiger partial charge is 0.494 e. The molecule has 1 aromatic carbocycles. The Labute approximate surface area is 117 Å². The van der Waals surface area contributed by atoms with E-state index < -0.39 is 0 Å². The lowest BCUT2D eigenvalue weighted by Crippen LogP contribution is -1.91. The van der Waals surface area contributed by atoms with Crippen LogP contribution in [0.15, 0.2) is 24.3 Å². The Hall–Kier alpha value is -1.39. The highest BCUT2D eigenvalue weighted by Crippen LogP contribution is 2.30. The van der Waals surface area contributed by atoms with Crippen molar-refractivity contribution in [2.24, 2.45) is 0 Å². The minimum atomic E-state index is 0.0676. The zero-order chi connectivity index (χ0) is 13.7. The lowest BCUT2D eigenvalue weighted by molar-refractivity contribution is 0.284. The molecular formula is C15H19NO2S. The van der Waals surface area contributed by atoms with Crippen molar-refractivity contribution >= 4 is 11.3 Å². The van der Waals surface area contributed by atoms with Gasteiger partial charge in [-0.1, -0.05) is 25.5 Å². The summed E-state index contributed by atoms with van der Waals surface area (Å²) >= 11 is 1.56. The normalized spacial score (nSPS) is 10.7. The first-order valence-electron chi connectivity index (χ1n) is 6.61. The zero-order valence-electron chi connectivity index (χ0n) is 11.3. The summed E-state index contributed by atoms with van der Waals surface area (Å²) in [4.78, 5) is 5.62. The van der Waals surface area contributed by atoms with E-state index in [0.717, 1.165) is 39.7 Å².